The number of hydrogen-bond donors (Lipinski definition) is 1. The summed E-state index contributed by atoms with van der Waals surface area (Å²) in [5.41, 5.74) is 0. The first kappa shape index (κ1) is 14.4. The lowest BCUT2D eigenvalue weighted by Crippen LogP contribution is -2.45. The average molecular weight is 350 g/mol. The maximum Gasteiger partial charge on any atom is 0.240 e. The van der Waals surface area contributed by atoms with E-state index in [1.807, 2.05) is 12.3 Å². The summed E-state index contributed by atoms with van der Waals surface area (Å²) in [5.74, 6) is 0. The van der Waals surface area contributed by atoms with E-state index in [1.54, 1.807) is 30.0 Å². The van der Waals surface area contributed by atoms with Crippen LogP contribution >= 0.6 is 27.7 Å². The molecule has 1 saturated carbocycles. The van der Waals surface area contributed by atoms with E-state index in [-0.39, 0.29) is 4.75 Å². The molecule has 0 aliphatic heterocycles. The van der Waals surface area contributed by atoms with Crippen molar-refractivity contribution in [2.45, 2.75) is 28.9 Å². The van der Waals surface area contributed by atoms with Gasteiger partial charge in [0.2, 0.25) is 10.0 Å². The summed E-state index contributed by atoms with van der Waals surface area (Å²) in [6, 6.07) is 6.77. The average Bonchev–Trinajstić information content (AvgIpc) is 2.28. The van der Waals surface area contributed by atoms with Crippen molar-refractivity contribution in [1.82, 2.24) is 4.72 Å². The SMILES string of the molecule is CSC1(CNS(=O)(=O)c2cccc(Br)c2)CCC1. The molecule has 1 aromatic carbocycles. The Bertz CT molecular complexity index is 521. The first-order chi connectivity index (χ1) is 8.47. The molecule has 0 radical (unpaired) electrons. The van der Waals surface area contributed by atoms with Crippen LogP contribution in [0.2, 0.25) is 0 Å². The minimum Gasteiger partial charge on any atom is -0.210 e. The van der Waals surface area contributed by atoms with Crippen LogP contribution in [-0.4, -0.2) is 26.0 Å². The Labute approximate surface area is 121 Å². The van der Waals surface area contributed by atoms with Gasteiger partial charge in [-0.3, -0.25) is 0 Å². The van der Waals surface area contributed by atoms with Crippen LogP contribution in [0.3, 0.4) is 0 Å². The Morgan fingerprint density at radius 2 is 2.17 bits per heavy atom. The van der Waals surface area contributed by atoms with Gasteiger partial charge < -0.3 is 0 Å². The van der Waals surface area contributed by atoms with Crippen LogP contribution in [0.1, 0.15) is 19.3 Å². The fourth-order valence-corrected chi connectivity index (χ4v) is 4.70. The van der Waals surface area contributed by atoms with Gasteiger partial charge in [0.1, 0.15) is 0 Å². The lowest BCUT2D eigenvalue weighted by Gasteiger charge is -2.40. The van der Waals surface area contributed by atoms with Crippen LogP contribution < -0.4 is 4.72 Å². The number of nitrogens with one attached hydrogen (secondary N) is 1. The Morgan fingerprint density at radius 3 is 2.67 bits per heavy atom. The van der Waals surface area contributed by atoms with Crippen molar-refractivity contribution in [2.75, 3.05) is 12.8 Å². The summed E-state index contributed by atoms with van der Waals surface area (Å²) in [4.78, 5) is 0.312. The molecule has 1 N–H and O–H groups in total. The highest BCUT2D eigenvalue weighted by molar-refractivity contribution is 9.10. The number of thioether (sulfide) groups is 1. The van der Waals surface area contributed by atoms with Crippen molar-refractivity contribution >= 4 is 37.7 Å². The molecular formula is C12H16BrNO2S2. The second-order valence-electron chi connectivity index (χ2n) is 4.52. The molecule has 2 rings (SSSR count). The Morgan fingerprint density at radius 1 is 1.44 bits per heavy atom. The summed E-state index contributed by atoms with van der Waals surface area (Å²) in [5, 5.41) is 0. The largest absolute Gasteiger partial charge is 0.240 e. The van der Waals surface area contributed by atoms with E-state index >= 15 is 0 Å². The molecule has 0 heterocycles. The summed E-state index contributed by atoms with van der Waals surface area (Å²) in [6.45, 7) is 0.517. The summed E-state index contributed by atoms with van der Waals surface area (Å²) < 4.78 is 27.9. The molecule has 0 atom stereocenters. The Balaban J connectivity index is 2.08. The number of hydrogen-bond acceptors (Lipinski definition) is 3. The van der Waals surface area contributed by atoms with E-state index < -0.39 is 10.0 Å². The number of rotatable bonds is 5. The van der Waals surface area contributed by atoms with Gasteiger partial charge in [-0.05, 0) is 37.3 Å². The predicted octanol–water partition coefficient (Wildman–Crippen LogP) is 3.01. The minimum absolute atomic E-state index is 0.110. The van der Waals surface area contributed by atoms with Gasteiger partial charge in [0.05, 0.1) is 4.90 Å². The highest BCUT2D eigenvalue weighted by Crippen LogP contribution is 2.42. The van der Waals surface area contributed by atoms with Crippen molar-refractivity contribution < 1.29 is 8.42 Å². The van der Waals surface area contributed by atoms with E-state index in [1.165, 1.54) is 6.42 Å². The molecule has 0 unspecified atom stereocenters. The van der Waals surface area contributed by atoms with Crippen molar-refractivity contribution in [2.24, 2.45) is 0 Å². The summed E-state index contributed by atoms with van der Waals surface area (Å²) >= 11 is 5.05. The second kappa shape index (κ2) is 5.53. The summed E-state index contributed by atoms with van der Waals surface area (Å²) in [6.07, 6.45) is 5.43. The van der Waals surface area contributed by atoms with E-state index in [0.717, 1.165) is 17.3 Å². The molecule has 0 aromatic heterocycles. The first-order valence-corrected chi connectivity index (χ1v) is 9.28. The molecule has 6 heteroatoms. The van der Waals surface area contributed by atoms with Crippen LogP contribution in [0.5, 0.6) is 0 Å². The molecular weight excluding hydrogens is 334 g/mol. The van der Waals surface area contributed by atoms with E-state index in [2.05, 4.69) is 20.7 Å². The highest BCUT2D eigenvalue weighted by atomic mass is 79.9. The summed E-state index contributed by atoms with van der Waals surface area (Å²) in [7, 11) is -3.40. The van der Waals surface area contributed by atoms with Crippen LogP contribution in [0.4, 0.5) is 0 Å². The number of benzene rings is 1. The molecule has 3 nitrogen and oxygen atoms in total. The van der Waals surface area contributed by atoms with Gasteiger partial charge in [-0.25, -0.2) is 13.1 Å². The molecule has 1 aliphatic rings. The van der Waals surface area contributed by atoms with Crippen LogP contribution in [0.25, 0.3) is 0 Å². The van der Waals surface area contributed by atoms with Gasteiger partial charge in [0.15, 0.2) is 0 Å². The van der Waals surface area contributed by atoms with Gasteiger partial charge in [-0.15, -0.1) is 0 Å². The quantitative estimate of drug-likeness (QED) is 0.888. The molecule has 100 valence electrons. The third-order valence-corrected chi connectivity index (χ3v) is 6.70. The fraction of sp³-hybridized carbons (Fsp3) is 0.500. The highest BCUT2D eigenvalue weighted by Gasteiger charge is 2.37. The van der Waals surface area contributed by atoms with Gasteiger partial charge >= 0.3 is 0 Å². The van der Waals surface area contributed by atoms with Gasteiger partial charge in [-0.2, -0.15) is 11.8 Å². The van der Waals surface area contributed by atoms with Crippen LogP contribution in [0.15, 0.2) is 33.6 Å². The number of halogens is 1. The van der Waals surface area contributed by atoms with E-state index in [9.17, 15) is 8.42 Å². The second-order valence-corrected chi connectivity index (χ2v) is 8.48. The first-order valence-electron chi connectivity index (χ1n) is 5.78. The third kappa shape index (κ3) is 3.10. The number of sulfonamides is 1. The van der Waals surface area contributed by atoms with Crippen molar-refractivity contribution in [1.29, 1.82) is 0 Å². The molecule has 0 bridgehead atoms. The molecule has 1 fully saturated rings. The maximum absolute atomic E-state index is 12.1. The third-order valence-electron chi connectivity index (χ3n) is 3.39. The Hall–Kier alpha value is -0.0400. The molecule has 1 aliphatic carbocycles. The predicted molar refractivity (Wildman–Crippen MR) is 79.4 cm³/mol. The smallest absolute Gasteiger partial charge is 0.210 e. The molecule has 18 heavy (non-hydrogen) atoms. The zero-order valence-electron chi connectivity index (χ0n) is 10.1. The monoisotopic (exact) mass is 349 g/mol. The van der Waals surface area contributed by atoms with Crippen LogP contribution in [0, 0.1) is 0 Å². The van der Waals surface area contributed by atoms with Crippen molar-refractivity contribution in [3.8, 4) is 0 Å². The van der Waals surface area contributed by atoms with Crippen LogP contribution in [-0.2, 0) is 10.0 Å². The van der Waals surface area contributed by atoms with Gasteiger partial charge in [-0.1, -0.05) is 28.4 Å². The van der Waals surface area contributed by atoms with Gasteiger partial charge in [0, 0.05) is 15.8 Å². The molecule has 0 amide bonds. The topological polar surface area (TPSA) is 46.2 Å². The molecule has 0 spiro atoms. The molecule has 0 saturated heterocycles. The van der Waals surface area contributed by atoms with E-state index in [0.29, 0.717) is 11.4 Å². The maximum atomic E-state index is 12.1. The minimum atomic E-state index is -3.40. The van der Waals surface area contributed by atoms with Gasteiger partial charge in [0.25, 0.3) is 0 Å². The zero-order valence-corrected chi connectivity index (χ0v) is 13.4. The zero-order chi connectivity index (χ0) is 13.2. The lowest BCUT2D eigenvalue weighted by atomic mass is 9.84. The standard InChI is InChI=1S/C12H16BrNO2S2/c1-17-12(6-3-7-12)9-14-18(15,16)11-5-2-4-10(13)8-11/h2,4-5,8,14H,3,6-7,9H2,1H3. The lowest BCUT2D eigenvalue weighted by molar-refractivity contribution is 0.362. The van der Waals surface area contributed by atoms with Crippen molar-refractivity contribution in [3.63, 3.8) is 0 Å². The van der Waals surface area contributed by atoms with Crippen molar-refractivity contribution in [3.05, 3.63) is 28.7 Å². The normalized spacial score (nSPS) is 18.3. The fourth-order valence-electron chi connectivity index (χ4n) is 1.97. The Kier molecular flexibility index (Phi) is 4.41. The van der Waals surface area contributed by atoms with E-state index in [4.69, 9.17) is 0 Å². The molecule has 1 aromatic rings.